The van der Waals surface area contributed by atoms with Crippen LogP contribution in [0.4, 0.5) is 5.69 Å². The topological polar surface area (TPSA) is 178 Å². The van der Waals surface area contributed by atoms with Crippen LogP contribution in [0, 0.1) is 10.1 Å². The minimum absolute atomic E-state index is 0.00353. The van der Waals surface area contributed by atoms with Crippen LogP contribution >= 0.6 is 0 Å². The third-order valence-electron chi connectivity index (χ3n) is 8.11. The highest BCUT2D eigenvalue weighted by Gasteiger charge is 2.32. The molecule has 15 nitrogen and oxygen atoms in total. The van der Waals surface area contributed by atoms with E-state index in [0.29, 0.717) is 54.6 Å². The van der Waals surface area contributed by atoms with Crippen LogP contribution in [0.15, 0.2) is 62.6 Å². The molecule has 0 radical (unpaired) electrons. The molecular formula is C33H37N3O12S. The largest absolute Gasteiger partial charge is 0.496 e. The molecule has 1 fully saturated rings. The van der Waals surface area contributed by atoms with E-state index >= 15 is 0 Å². The summed E-state index contributed by atoms with van der Waals surface area (Å²) in [5, 5.41) is 13.3. The first-order chi connectivity index (χ1) is 23.6. The molecule has 3 aromatic carbocycles. The number of methoxy groups -OCH3 is 5. The first-order valence-corrected chi connectivity index (χ1v) is 16.7. The number of rotatable bonds is 14. The van der Waals surface area contributed by atoms with E-state index in [2.05, 4.69) is 5.32 Å². The average molecular weight is 700 g/mol. The van der Waals surface area contributed by atoms with Gasteiger partial charge in [0.25, 0.3) is 5.69 Å². The zero-order valence-corrected chi connectivity index (χ0v) is 28.5. The standard InChI is InChI=1S/C33H37N3O12S/c1-42-22-17-24(43-2)29-25(18-22)48-31(20-15-26(44-3)32(46-5)27(16-20)45-4)33(30(29)37)47-14-6-12-35-13-11-34-28(19-35)49(40,41)23-9-7-21(8-10-23)36(38)39/h7-10,15-18,28,34H,6,11-14,19H2,1-5H3. The van der Waals surface area contributed by atoms with Crippen LogP contribution in [0.2, 0.25) is 0 Å². The van der Waals surface area contributed by atoms with Crippen molar-refractivity contribution in [2.45, 2.75) is 16.7 Å². The minimum atomic E-state index is -3.81. The summed E-state index contributed by atoms with van der Waals surface area (Å²) in [6, 6.07) is 11.3. The van der Waals surface area contributed by atoms with Crippen molar-refractivity contribution in [2.75, 3.05) is 68.3 Å². The third kappa shape index (κ3) is 7.21. The number of nitro benzene ring substituents is 1. The fourth-order valence-electron chi connectivity index (χ4n) is 5.62. The molecule has 1 N–H and O–H groups in total. The second-order valence-corrected chi connectivity index (χ2v) is 13.1. The summed E-state index contributed by atoms with van der Waals surface area (Å²) < 4.78 is 66.5. The van der Waals surface area contributed by atoms with Gasteiger partial charge in [0.1, 0.15) is 27.8 Å². The van der Waals surface area contributed by atoms with Crippen molar-refractivity contribution in [3.8, 4) is 45.8 Å². The second kappa shape index (κ2) is 15.0. The molecule has 4 aromatic rings. The van der Waals surface area contributed by atoms with Crippen LogP contribution in [-0.2, 0) is 9.84 Å². The lowest BCUT2D eigenvalue weighted by molar-refractivity contribution is -0.384. The SMILES string of the molecule is COc1cc(OC)c2c(=O)c(OCCCN3CCNC(S(=O)(=O)c4ccc([N+](=O)[O-])cc4)C3)c(-c3cc(OC)c(OC)c(OC)c3)oc2c1. The number of piperazine rings is 1. The summed E-state index contributed by atoms with van der Waals surface area (Å²) in [5.74, 6) is 1.74. The van der Waals surface area contributed by atoms with Gasteiger partial charge in [-0.05, 0) is 30.7 Å². The fourth-order valence-corrected chi connectivity index (χ4v) is 7.21. The van der Waals surface area contributed by atoms with Gasteiger partial charge >= 0.3 is 0 Å². The molecule has 1 aromatic heterocycles. The summed E-state index contributed by atoms with van der Waals surface area (Å²) in [6.07, 6.45) is 0.441. The number of non-ortho nitro benzene ring substituents is 1. The summed E-state index contributed by atoms with van der Waals surface area (Å²) >= 11 is 0. The van der Waals surface area contributed by atoms with Crippen LogP contribution in [-0.4, -0.2) is 91.9 Å². The first-order valence-electron chi connectivity index (χ1n) is 15.2. The van der Waals surface area contributed by atoms with Crippen molar-refractivity contribution in [3.05, 3.63) is 68.9 Å². The van der Waals surface area contributed by atoms with E-state index in [1.165, 1.54) is 59.8 Å². The van der Waals surface area contributed by atoms with Gasteiger partial charge in [-0.25, -0.2) is 8.42 Å². The van der Waals surface area contributed by atoms with Gasteiger partial charge in [0.05, 0.1) is 52.0 Å². The van der Waals surface area contributed by atoms with Crippen molar-refractivity contribution in [2.24, 2.45) is 0 Å². The zero-order chi connectivity index (χ0) is 35.3. The van der Waals surface area contributed by atoms with E-state index in [-0.39, 0.29) is 52.0 Å². The quantitative estimate of drug-likeness (QED) is 0.114. The van der Waals surface area contributed by atoms with Crippen molar-refractivity contribution < 1.29 is 46.2 Å². The van der Waals surface area contributed by atoms with E-state index in [9.17, 15) is 23.3 Å². The highest BCUT2D eigenvalue weighted by atomic mass is 32.2. The summed E-state index contributed by atoms with van der Waals surface area (Å²) in [7, 11) is 3.54. The van der Waals surface area contributed by atoms with E-state index in [1.807, 2.05) is 4.90 Å². The number of ether oxygens (including phenoxy) is 6. The number of hydrogen-bond acceptors (Lipinski definition) is 14. The van der Waals surface area contributed by atoms with E-state index in [0.717, 1.165) is 0 Å². The van der Waals surface area contributed by atoms with Gasteiger partial charge in [-0.15, -0.1) is 0 Å². The van der Waals surface area contributed by atoms with Crippen molar-refractivity contribution in [1.29, 1.82) is 0 Å². The van der Waals surface area contributed by atoms with E-state index < -0.39 is 25.6 Å². The van der Waals surface area contributed by atoms with Gasteiger partial charge in [0.15, 0.2) is 27.1 Å². The molecule has 1 unspecified atom stereocenters. The average Bonchev–Trinajstić information content (AvgIpc) is 3.12. The normalized spacial score (nSPS) is 15.1. The van der Waals surface area contributed by atoms with Gasteiger partial charge < -0.3 is 32.8 Å². The maximum Gasteiger partial charge on any atom is 0.269 e. The monoisotopic (exact) mass is 699 g/mol. The van der Waals surface area contributed by atoms with E-state index in [1.54, 1.807) is 24.3 Å². The predicted octanol–water partition coefficient (Wildman–Crippen LogP) is 3.89. The molecule has 0 spiro atoms. The Kier molecular flexibility index (Phi) is 10.8. The predicted molar refractivity (Wildman–Crippen MR) is 179 cm³/mol. The summed E-state index contributed by atoms with van der Waals surface area (Å²) in [4.78, 5) is 26.5. The number of sulfone groups is 1. The Bertz CT molecular complexity index is 1970. The van der Waals surface area contributed by atoms with Crippen molar-refractivity contribution in [3.63, 3.8) is 0 Å². The third-order valence-corrected chi connectivity index (χ3v) is 10.1. The first kappa shape index (κ1) is 35.3. The molecule has 5 rings (SSSR count). The van der Waals surface area contributed by atoms with Crippen molar-refractivity contribution >= 4 is 26.5 Å². The Balaban J connectivity index is 1.40. The number of hydrogen-bond donors (Lipinski definition) is 1. The molecule has 0 amide bonds. The number of benzene rings is 3. The minimum Gasteiger partial charge on any atom is -0.496 e. The molecule has 2 heterocycles. The Morgan fingerprint density at radius 2 is 1.59 bits per heavy atom. The van der Waals surface area contributed by atoms with Crippen LogP contribution in [0.3, 0.4) is 0 Å². The molecule has 1 atom stereocenters. The highest BCUT2D eigenvalue weighted by Crippen LogP contribution is 2.44. The van der Waals surface area contributed by atoms with Crippen LogP contribution in [0.1, 0.15) is 6.42 Å². The van der Waals surface area contributed by atoms with Crippen molar-refractivity contribution in [1.82, 2.24) is 10.2 Å². The maximum atomic E-state index is 14.1. The molecule has 262 valence electrons. The molecule has 1 aliphatic heterocycles. The van der Waals surface area contributed by atoms with Gasteiger partial charge in [0.2, 0.25) is 16.9 Å². The summed E-state index contributed by atoms with van der Waals surface area (Å²) in [5.41, 5.74) is -0.0322. The van der Waals surface area contributed by atoms with Crippen LogP contribution < -0.4 is 39.2 Å². The number of nitrogens with zero attached hydrogens (tertiary/aromatic N) is 2. The lowest BCUT2D eigenvalue weighted by Crippen LogP contribution is -2.54. The highest BCUT2D eigenvalue weighted by molar-refractivity contribution is 7.92. The zero-order valence-electron chi connectivity index (χ0n) is 27.6. The molecule has 1 aliphatic rings. The molecule has 0 aliphatic carbocycles. The molecule has 0 saturated carbocycles. The maximum absolute atomic E-state index is 14.1. The summed E-state index contributed by atoms with van der Waals surface area (Å²) in [6.45, 7) is 1.75. The Morgan fingerprint density at radius 1 is 0.918 bits per heavy atom. The number of nitro groups is 1. The number of fused-ring (bicyclic) bond motifs is 1. The van der Waals surface area contributed by atoms with Crippen LogP contribution in [0.5, 0.6) is 34.5 Å². The van der Waals surface area contributed by atoms with Gasteiger partial charge in [-0.1, -0.05) is 0 Å². The second-order valence-electron chi connectivity index (χ2n) is 10.9. The fraction of sp³-hybridized carbons (Fsp3) is 0.364. The van der Waals surface area contributed by atoms with Gasteiger partial charge in [-0.3, -0.25) is 25.1 Å². The van der Waals surface area contributed by atoms with Gasteiger partial charge in [0, 0.05) is 56.0 Å². The Morgan fingerprint density at radius 3 is 2.18 bits per heavy atom. The lowest BCUT2D eigenvalue weighted by Gasteiger charge is -2.33. The van der Waals surface area contributed by atoms with E-state index in [4.69, 9.17) is 32.8 Å². The Hall–Kier alpha value is -5.06. The molecule has 1 saturated heterocycles. The van der Waals surface area contributed by atoms with Crippen LogP contribution in [0.25, 0.3) is 22.3 Å². The molecule has 16 heteroatoms. The molecular weight excluding hydrogens is 662 g/mol. The van der Waals surface area contributed by atoms with Gasteiger partial charge in [-0.2, -0.15) is 0 Å². The smallest absolute Gasteiger partial charge is 0.269 e. The molecule has 49 heavy (non-hydrogen) atoms. The number of nitrogens with one attached hydrogen (secondary N) is 1. The lowest BCUT2D eigenvalue weighted by atomic mass is 10.1. The molecule has 0 bridgehead atoms. The Labute approximate surface area is 282 Å².